The summed E-state index contributed by atoms with van der Waals surface area (Å²) in [5.41, 5.74) is 0. The fourth-order valence-electron chi connectivity index (χ4n) is 2.34. The molecule has 0 fully saturated rings. The second kappa shape index (κ2) is 7.96. The maximum atomic E-state index is 12.9. The highest BCUT2D eigenvalue weighted by molar-refractivity contribution is 7.89. The Morgan fingerprint density at radius 2 is 2.00 bits per heavy atom. The van der Waals surface area contributed by atoms with Crippen molar-refractivity contribution in [2.45, 2.75) is 64.4 Å². The third-order valence-corrected chi connectivity index (χ3v) is 5.60. The topological polar surface area (TPSA) is 62.6 Å². The first-order chi connectivity index (χ1) is 9.84. The maximum absolute atomic E-state index is 12.9. The van der Waals surface area contributed by atoms with E-state index in [1.165, 1.54) is 0 Å². The number of hydrogen-bond acceptors (Lipinski definition) is 4. The molecule has 0 saturated heterocycles. The summed E-state index contributed by atoms with van der Waals surface area (Å²) in [6.07, 6.45) is 2.99. The summed E-state index contributed by atoms with van der Waals surface area (Å²) in [5.74, 6) is 1.10. The van der Waals surface area contributed by atoms with Crippen molar-refractivity contribution in [3.8, 4) is 0 Å². The van der Waals surface area contributed by atoms with Gasteiger partial charge in [0.25, 0.3) is 0 Å². The lowest BCUT2D eigenvalue weighted by atomic mass is 10.2. The van der Waals surface area contributed by atoms with Gasteiger partial charge in [-0.15, -0.1) is 0 Å². The molecule has 0 saturated carbocycles. The number of hydrogen-bond donors (Lipinski definition) is 1. The lowest BCUT2D eigenvalue weighted by Gasteiger charge is -2.25. The SMILES string of the molecule is CCCCCN(C(C)C)S(=O)(=O)c1cc(CNC)oc1C. The van der Waals surface area contributed by atoms with Crippen LogP contribution in [-0.2, 0) is 16.6 Å². The Labute approximate surface area is 128 Å². The summed E-state index contributed by atoms with van der Waals surface area (Å²) < 4.78 is 32.8. The van der Waals surface area contributed by atoms with Crippen molar-refractivity contribution in [1.29, 1.82) is 0 Å². The number of aryl methyl sites for hydroxylation is 1. The minimum Gasteiger partial charge on any atom is -0.464 e. The van der Waals surface area contributed by atoms with Crippen LogP contribution in [0.5, 0.6) is 0 Å². The third-order valence-electron chi connectivity index (χ3n) is 3.42. The highest BCUT2D eigenvalue weighted by Gasteiger charge is 2.30. The van der Waals surface area contributed by atoms with Crippen molar-refractivity contribution >= 4 is 10.0 Å². The highest BCUT2D eigenvalue weighted by Crippen LogP contribution is 2.25. The second-order valence-corrected chi connectivity index (χ2v) is 7.44. The van der Waals surface area contributed by atoms with Crippen molar-refractivity contribution in [2.24, 2.45) is 0 Å². The molecule has 0 unspecified atom stereocenters. The van der Waals surface area contributed by atoms with Gasteiger partial charge in [0.1, 0.15) is 16.4 Å². The molecule has 5 nitrogen and oxygen atoms in total. The number of unbranched alkanes of at least 4 members (excludes halogenated alkanes) is 2. The van der Waals surface area contributed by atoms with E-state index in [0.29, 0.717) is 24.6 Å². The van der Waals surface area contributed by atoms with E-state index in [1.807, 2.05) is 13.8 Å². The van der Waals surface area contributed by atoms with E-state index in [9.17, 15) is 8.42 Å². The number of nitrogens with zero attached hydrogens (tertiary/aromatic N) is 1. The smallest absolute Gasteiger partial charge is 0.246 e. The van der Waals surface area contributed by atoms with E-state index in [4.69, 9.17) is 4.42 Å². The predicted octanol–water partition coefficient (Wildman–Crippen LogP) is 2.90. The molecule has 0 atom stereocenters. The molecule has 1 N–H and O–H groups in total. The zero-order chi connectivity index (χ0) is 16.0. The Bertz CT molecular complexity index is 535. The molecule has 21 heavy (non-hydrogen) atoms. The van der Waals surface area contributed by atoms with Gasteiger partial charge < -0.3 is 9.73 Å². The zero-order valence-electron chi connectivity index (χ0n) is 13.8. The van der Waals surface area contributed by atoms with Crippen LogP contribution in [0.4, 0.5) is 0 Å². The van der Waals surface area contributed by atoms with Crippen LogP contribution >= 0.6 is 0 Å². The summed E-state index contributed by atoms with van der Waals surface area (Å²) >= 11 is 0. The Hall–Kier alpha value is -0.850. The van der Waals surface area contributed by atoms with Gasteiger partial charge in [0.2, 0.25) is 10.0 Å². The molecule has 6 heteroatoms. The van der Waals surface area contributed by atoms with Crippen molar-refractivity contribution in [2.75, 3.05) is 13.6 Å². The second-order valence-electron chi connectivity index (χ2n) is 5.58. The quantitative estimate of drug-likeness (QED) is 0.712. The minimum atomic E-state index is -3.50. The molecule has 0 aromatic carbocycles. The Kier molecular flexibility index (Phi) is 6.90. The molecule has 0 spiro atoms. The van der Waals surface area contributed by atoms with Gasteiger partial charge in [0.15, 0.2) is 0 Å². The lowest BCUT2D eigenvalue weighted by molar-refractivity contribution is 0.344. The molecular formula is C15H28N2O3S. The lowest BCUT2D eigenvalue weighted by Crippen LogP contribution is -2.37. The van der Waals surface area contributed by atoms with Crippen LogP contribution in [0.3, 0.4) is 0 Å². The molecule has 0 aliphatic heterocycles. The van der Waals surface area contributed by atoms with Crippen LogP contribution in [0.25, 0.3) is 0 Å². The van der Waals surface area contributed by atoms with Gasteiger partial charge in [-0.05, 0) is 34.2 Å². The largest absolute Gasteiger partial charge is 0.464 e. The van der Waals surface area contributed by atoms with E-state index in [1.54, 1.807) is 24.3 Å². The molecule has 0 amide bonds. The van der Waals surface area contributed by atoms with Crippen molar-refractivity contribution in [3.63, 3.8) is 0 Å². The van der Waals surface area contributed by atoms with Gasteiger partial charge >= 0.3 is 0 Å². The third kappa shape index (κ3) is 4.56. The molecule has 0 bridgehead atoms. The van der Waals surface area contributed by atoms with Crippen molar-refractivity contribution in [3.05, 3.63) is 17.6 Å². The van der Waals surface area contributed by atoms with E-state index >= 15 is 0 Å². The number of sulfonamides is 1. The normalized spacial score (nSPS) is 12.5. The van der Waals surface area contributed by atoms with Crippen molar-refractivity contribution in [1.82, 2.24) is 9.62 Å². The van der Waals surface area contributed by atoms with Gasteiger partial charge in [-0.25, -0.2) is 8.42 Å². The molecule has 1 rings (SSSR count). The molecule has 1 aromatic rings. The van der Waals surface area contributed by atoms with E-state index < -0.39 is 10.0 Å². The van der Waals surface area contributed by atoms with Crippen molar-refractivity contribution < 1.29 is 12.8 Å². The summed E-state index contributed by atoms with van der Waals surface area (Å²) in [6, 6.07) is 1.57. The average Bonchev–Trinajstić information content (AvgIpc) is 2.76. The Morgan fingerprint density at radius 1 is 1.33 bits per heavy atom. The first-order valence-electron chi connectivity index (χ1n) is 7.60. The molecule has 0 radical (unpaired) electrons. The average molecular weight is 316 g/mol. The summed E-state index contributed by atoms with van der Waals surface area (Å²) in [6.45, 7) is 8.71. The van der Waals surface area contributed by atoms with Gasteiger partial charge in [-0.2, -0.15) is 4.31 Å². The fraction of sp³-hybridized carbons (Fsp3) is 0.733. The highest BCUT2D eigenvalue weighted by atomic mass is 32.2. The summed E-state index contributed by atoms with van der Waals surface area (Å²) in [4.78, 5) is 0.290. The number of furan rings is 1. The summed E-state index contributed by atoms with van der Waals surface area (Å²) in [5, 5.41) is 2.97. The van der Waals surface area contributed by atoms with Crippen LogP contribution < -0.4 is 5.32 Å². The van der Waals surface area contributed by atoms with Crippen LogP contribution in [0.15, 0.2) is 15.4 Å². The standard InChI is InChI=1S/C15H28N2O3S/c1-6-7-8-9-17(12(2)3)21(18,19)15-10-14(11-16-5)20-13(15)4/h10,12,16H,6-9,11H2,1-5H3. The molecule has 122 valence electrons. The van der Waals surface area contributed by atoms with E-state index in [0.717, 1.165) is 19.3 Å². The first kappa shape index (κ1) is 18.2. The minimum absolute atomic E-state index is 0.0612. The molecule has 0 aliphatic rings. The first-order valence-corrected chi connectivity index (χ1v) is 9.04. The van der Waals surface area contributed by atoms with E-state index in [-0.39, 0.29) is 10.9 Å². The van der Waals surface area contributed by atoms with Gasteiger partial charge in [0.05, 0.1) is 6.54 Å². The van der Waals surface area contributed by atoms with Gasteiger partial charge in [-0.3, -0.25) is 0 Å². The van der Waals surface area contributed by atoms with Crippen LogP contribution in [0.2, 0.25) is 0 Å². The van der Waals surface area contributed by atoms with Crippen LogP contribution in [-0.4, -0.2) is 32.4 Å². The Morgan fingerprint density at radius 3 is 2.52 bits per heavy atom. The van der Waals surface area contributed by atoms with Gasteiger partial charge in [0, 0.05) is 18.7 Å². The van der Waals surface area contributed by atoms with Crippen LogP contribution in [0, 0.1) is 6.92 Å². The monoisotopic (exact) mass is 316 g/mol. The summed E-state index contributed by atoms with van der Waals surface area (Å²) in [7, 11) is -1.69. The predicted molar refractivity (Wildman–Crippen MR) is 84.8 cm³/mol. The maximum Gasteiger partial charge on any atom is 0.246 e. The molecule has 1 heterocycles. The Balaban J connectivity index is 3.04. The van der Waals surface area contributed by atoms with E-state index in [2.05, 4.69) is 12.2 Å². The molecular weight excluding hydrogens is 288 g/mol. The fourth-order valence-corrected chi connectivity index (χ4v) is 4.20. The molecule has 0 aliphatic carbocycles. The molecule has 1 aromatic heterocycles. The van der Waals surface area contributed by atoms with Gasteiger partial charge in [-0.1, -0.05) is 19.8 Å². The number of nitrogens with one attached hydrogen (secondary N) is 1. The van der Waals surface area contributed by atoms with Crippen LogP contribution in [0.1, 0.15) is 51.6 Å². The number of rotatable bonds is 9. The zero-order valence-corrected chi connectivity index (χ0v) is 14.6.